The summed E-state index contributed by atoms with van der Waals surface area (Å²) in [5, 5.41) is 21.9. The van der Waals surface area contributed by atoms with Gasteiger partial charge in [-0.15, -0.1) is 0 Å². The maximum Gasteiger partial charge on any atom is 0.271 e. The van der Waals surface area contributed by atoms with Crippen LogP contribution in [0, 0.1) is 27.2 Å². The third-order valence-electron chi connectivity index (χ3n) is 3.73. The topological polar surface area (TPSA) is 133 Å². The molecule has 0 saturated carbocycles. The molecule has 0 aliphatic carbocycles. The molecule has 0 spiro atoms. The summed E-state index contributed by atoms with van der Waals surface area (Å²) in [5.74, 6) is 0.102. The Hall–Kier alpha value is -3.21. The molecule has 2 aromatic carbocycles. The lowest BCUT2D eigenvalue weighted by Gasteiger charge is -2.22. The molecule has 0 unspecified atom stereocenters. The van der Waals surface area contributed by atoms with Gasteiger partial charge in [-0.3, -0.25) is 24.5 Å². The van der Waals surface area contributed by atoms with Crippen molar-refractivity contribution in [3.63, 3.8) is 0 Å². The van der Waals surface area contributed by atoms with Crippen molar-refractivity contribution in [2.24, 2.45) is 0 Å². The van der Waals surface area contributed by atoms with Crippen LogP contribution in [0.2, 0.25) is 0 Å². The van der Waals surface area contributed by atoms with Gasteiger partial charge in [0.25, 0.3) is 21.4 Å². The number of aryl methyl sites for hydroxylation is 1. The predicted molar refractivity (Wildman–Crippen MR) is 93.1 cm³/mol. The molecule has 0 N–H and O–H groups in total. The van der Waals surface area contributed by atoms with Crippen LogP contribution in [0.15, 0.2) is 41.3 Å². The van der Waals surface area contributed by atoms with Crippen molar-refractivity contribution in [1.82, 2.24) is 0 Å². The first-order valence-corrected chi connectivity index (χ1v) is 8.60. The van der Waals surface area contributed by atoms with Gasteiger partial charge in [-0.05, 0) is 18.6 Å². The molecule has 0 heterocycles. The average Bonchev–Trinajstić information content (AvgIpc) is 2.60. The van der Waals surface area contributed by atoms with Crippen molar-refractivity contribution < 1.29 is 23.0 Å². The van der Waals surface area contributed by atoms with Crippen LogP contribution in [0.3, 0.4) is 0 Å². The van der Waals surface area contributed by atoms with Gasteiger partial charge in [0.1, 0.15) is 11.4 Å². The average molecular weight is 381 g/mol. The molecule has 0 radical (unpaired) electrons. The van der Waals surface area contributed by atoms with E-state index in [2.05, 4.69) is 0 Å². The summed E-state index contributed by atoms with van der Waals surface area (Å²) < 4.78 is 31.8. The van der Waals surface area contributed by atoms with Crippen LogP contribution in [-0.4, -0.2) is 32.4 Å². The minimum Gasteiger partial charge on any atom is -0.495 e. The van der Waals surface area contributed by atoms with Crippen LogP contribution in [0.4, 0.5) is 17.1 Å². The first kappa shape index (κ1) is 19.1. The zero-order valence-electron chi connectivity index (χ0n) is 14.1. The summed E-state index contributed by atoms with van der Waals surface area (Å²) in [4.78, 5) is 20.3. The number of nitro groups is 2. The van der Waals surface area contributed by atoms with Gasteiger partial charge in [0.2, 0.25) is 0 Å². The second-order valence-corrected chi connectivity index (χ2v) is 7.23. The van der Waals surface area contributed by atoms with Gasteiger partial charge >= 0.3 is 0 Å². The van der Waals surface area contributed by atoms with Gasteiger partial charge in [-0.1, -0.05) is 6.07 Å². The van der Waals surface area contributed by atoms with Gasteiger partial charge in [-0.25, -0.2) is 8.42 Å². The highest BCUT2D eigenvalue weighted by molar-refractivity contribution is 7.92. The highest BCUT2D eigenvalue weighted by Gasteiger charge is 2.28. The Morgan fingerprint density at radius 2 is 1.54 bits per heavy atom. The fourth-order valence-electron chi connectivity index (χ4n) is 2.30. The third kappa shape index (κ3) is 3.42. The number of hydrogen-bond donors (Lipinski definition) is 0. The fraction of sp³-hybridized carbons (Fsp3) is 0.200. The van der Waals surface area contributed by atoms with Gasteiger partial charge in [-0.2, -0.15) is 0 Å². The lowest BCUT2D eigenvalue weighted by atomic mass is 10.2. The standard InChI is InChI=1S/C15H15N3O7S/c1-10-4-5-12(18(21)22)9-15(10)26(23,24)16(2)13-8-11(17(19)20)6-7-14(13)25-3/h4-9H,1-3H3. The Balaban J connectivity index is 2.64. The smallest absolute Gasteiger partial charge is 0.271 e. The molecule has 2 aromatic rings. The second kappa shape index (κ2) is 6.96. The zero-order chi connectivity index (χ0) is 19.6. The molecule has 0 atom stereocenters. The number of non-ortho nitro benzene ring substituents is 2. The van der Waals surface area contributed by atoms with E-state index in [1.54, 1.807) is 0 Å². The maximum atomic E-state index is 13.0. The number of sulfonamides is 1. The van der Waals surface area contributed by atoms with E-state index in [-0.39, 0.29) is 27.7 Å². The van der Waals surface area contributed by atoms with Crippen LogP contribution in [-0.2, 0) is 10.0 Å². The quantitative estimate of drug-likeness (QED) is 0.555. The van der Waals surface area contributed by atoms with Gasteiger partial charge in [0.15, 0.2) is 0 Å². The summed E-state index contributed by atoms with van der Waals surface area (Å²) >= 11 is 0. The SMILES string of the molecule is COc1ccc([N+](=O)[O-])cc1N(C)S(=O)(=O)c1cc([N+](=O)[O-])ccc1C. The monoisotopic (exact) mass is 381 g/mol. The lowest BCUT2D eigenvalue weighted by Crippen LogP contribution is -2.27. The predicted octanol–water partition coefficient (Wildman–Crippen LogP) is 2.65. The number of nitrogens with zero attached hydrogens (tertiary/aromatic N) is 3. The number of nitro benzene ring substituents is 2. The molecule has 0 bridgehead atoms. The molecule has 0 aliphatic heterocycles. The molecule has 0 amide bonds. The largest absolute Gasteiger partial charge is 0.495 e. The summed E-state index contributed by atoms with van der Waals surface area (Å²) in [6.45, 7) is 1.50. The van der Waals surface area contributed by atoms with Crippen molar-refractivity contribution in [3.8, 4) is 5.75 Å². The van der Waals surface area contributed by atoms with E-state index in [1.807, 2.05) is 0 Å². The van der Waals surface area contributed by atoms with E-state index in [0.29, 0.717) is 5.56 Å². The fourth-order valence-corrected chi connectivity index (χ4v) is 3.74. The van der Waals surface area contributed by atoms with Crippen molar-refractivity contribution in [2.75, 3.05) is 18.5 Å². The molecular weight excluding hydrogens is 366 g/mol. The van der Waals surface area contributed by atoms with E-state index >= 15 is 0 Å². The van der Waals surface area contributed by atoms with E-state index < -0.39 is 19.9 Å². The molecule has 10 nitrogen and oxygen atoms in total. The highest BCUT2D eigenvalue weighted by atomic mass is 32.2. The van der Waals surface area contributed by atoms with Crippen LogP contribution >= 0.6 is 0 Å². The third-order valence-corrected chi connectivity index (χ3v) is 5.65. The minimum absolute atomic E-state index is 0.0624. The van der Waals surface area contributed by atoms with Crippen LogP contribution in [0.1, 0.15) is 5.56 Å². The highest BCUT2D eigenvalue weighted by Crippen LogP contribution is 2.35. The number of rotatable bonds is 6. The Kier molecular flexibility index (Phi) is 5.12. The van der Waals surface area contributed by atoms with Gasteiger partial charge in [0, 0.05) is 31.3 Å². The first-order valence-electron chi connectivity index (χ1n) is 7.16. The summed E-state index contributed by atoms with van der Waals surface area (Å²) in [5.41, 5.74) is -0.466. The normalized spacial score (nSPS) is 11.0. The summed E-state index contributed by atoms with van der Waals surface area (Å²) in [6.07, 6.45) is 0. The molecule has 11 heteroatoms. The summed E-state index contributed by atoms with van der Waals surface area (Å²) in [6, 6.07) is 6.99. The molecule has 0 saturated heterocycles. The van der Waals surface area contributed by atoms with E-state index in [4.69, 9.17) is 4.74 Å². The van der Waals surface area contributed by atoms with E-state index in [0.717, 1.165) is 16.4 Å². The number of ether oxygens (including phenoxy) is 1. The molecule has 2 rings (SSSR count). The van der Waals surface area contributed by atoms with Crippen LogP contribution in [0.25, 0.3) is 0 Å². The Morgan fingerprint density at radius 3 is 2.08 bits per heavy atom. The van der Waals surface area contributed by atoms with Crippen molar-refractivity contribution in [1.29, 1.82) is 0 Å². The number of methoxy groups -OCH3 is 1. The molecule has 0 fully saturated rings. The first-order chi connectivity index (χ1) is 12.1. The minimum atomic E-state index is -4.23. The van der Waals surface area contributed by atoms with Gasteiger partial charge in [0.05, 0.1) is 21.9 Å². The van der Waals surface area contributed by atoms with Crippen molar-refractivity contribution in [2.45, 2.75) is 11.8 Å². The van der Waals surface area contributed by atoms with Crippen LogP contribution in [0.5, 0.6) is 5.75 Å². The molecule has 0 aliphatic rings. The summed E-state index contributed by atoms with van der Waals surface area (Å²) in [7, 11) is -1.74. The molecular formula is C15H15N3O7S. The van der Waals surface area contributed by atoms with E-state index in [1.165, 1.54) is 45.3 Å². The van der Waals surface area contributed by atoms with Crippen molar-refractivity contribution >= 4 is 27.1 Å². The molecule has 138 valence electrons. The zero-order valence-corrected chi connectivity index (χ0v) is 14.9. The van der Waals surface area contributed by atoms with Crippen LogP contribution < -0.4 is 9.04 Å². The number of benzene rings is 2. The lowest BCUT2D eigenvalue weighted by molar-refractivity contribution is -0.385. The van der Waals surface area contributed by atoms with Crippen molar-refractivity contribution in [3.05, 3.63) is 62.2 Å². The Bertz CT molecular complexity index is 989. The van der Waals surface area contributed by atoms with E-state index in [9.17, 15) is 28.6 Å². The Labute approximate surface area is 149 Å². The molecule has 0 aromatic heterocycles. The Morgan fingerprint density at radius 1 is 1.00 bits per heavy atom. The second-order valence-electron chi connectivity index (χ2n) is 5.29. The maximum absolute atomic E-state index is 13.0. The number of hydrogen-bond acceptors (Lipinski definition) is 7. The molecule has 26 heavy (non-hydrogen) atoms. The number of anilines is 1. The van der Waals surface area contributed by atoms with Gasteiger partial charge < -0.3 is 4.74 Å².